The van der Waals surface area contributed by atoms with Gasteiger partial charge in [0.25, 0.3) is 11.7 Å². The van der Waals surface area contributed by atoms with Crippen molar-refractivity contribution in [1.29, 1.82) is 0 Å². The molecule has 0 bridgehead atoms. The van der Waals surface area contributed by atoms with E-state index in [1.807, 2.05) is 51.1 Å². The Morgan fingerprint density at radius 3 is 2.76 bits per heavy atom. The van der Waals surface area contributed by atoms with Crippen LogP contribution in [0.1, 0.15) is 22.5 Å². The van der Waals surface area contributed by atoms with Gasteiger partial charge in [0.05, 0.1) is 12.0 Å². The minimum atomic E-state index is -0.215. The molecule has 0 saturated heterocycles. The zero-order valence-electron chi connectivity index (χ0n) is 14.2. The van der Waals surface area contributed by atoms with Gasteiger partial charge < -0.3 is 0 Å². The zero-order valence-corrected chi connectivity index (χ0v) is 15.0. The third kappa shape index (κ3) is 4.42. The Bertz CT molecular complexity index is 932. The van der Waals surface area contributed by atoms with Gasteiger partial charge >= 0.3 is 0 Å². The van der Waals surface area contributed by atoms with Gasteiger partial charge in [-0.15, -0.1) is 5.10 Å². The first-order valence-corrected chi connectivity index (χ1v) is 8.72. The molecule has 8 heteroatoms. The highest BCUT2D eigenvalue weighted by molar-refractivity contribution is 7.99. The minimum absolute atomic E-state index is 0.181. The second kappa shape index (κ2) is 7.43. The summed E-state index contributed by atoms with van der Waals surface area (Å²) < 4.78 is 1.67. The largest absolute Gasteiger partial charge is 0.272 e. The lowest BCUT2D eigenvalue weighted by Gasteiger charge is -1.98. The molecule has 7 nitrogen and oxygen atoms in total. The summed E-state index contributed by atoms with van der Waals surface area (Å²) in [5.74, 6) is 0.506. The van der Waals surface area contributed by atoms with Crippen LogP contribution in [-0.4, -0.2) is 37.5 Å². The lowest BCUT2D eigenvalue weighted by Crippen LogP contribution is -2.19. The second-order valence-electron chi connectivity index (χ2n) is 5.64. The molecular formula is C17H18N6OS. The van der Waals surface area contributed by atoms with Gasteiger partial charge in [0.2, 0.25) is 5.16 Å². The summed E-state index contributed by atoms with van der Waals surface area (Å²) in [7, 11) is 0. The molecule has 3 aromatic rings. The Hall–Kier alpha value is -2.74. The number of nitrogens with zero attached hydrogens (tertiary/aromatic N) is 5. The molecule has 3 rings (SSSR count). The van der Waals surface area contributed by atoms with Crippen LogP contribution in [0, 0.1) is 20.8 Å². The van der Waals surface area contributed by atoms with E-state index in [9.17, 15) is 4.79 Å². The third-order valence-electron chi connectivity index (χ3n) is 3.41. The van der Waals surface area contributed by atoms with Crippen LogP contribution < -0.4 is 5.43 Å². The fraction of sp³-hybridized carbons (Fsp3) is 0.235. The van der Waals surface area contributed by atoms with Crippen molar-refractivity contribution >= 4 is 29.7 Å². The monoisotopic (exact) mass is 354 g/mol. The maximum atomic E-state index is 11.9. The number of aryl methyl sites for hydroxylation is 3. The van der Waals surface area contributed by atoms with Crippen molar-refractivity contribution in [3.05, 3.63) is 52.8 Å². The van der Waals surface area contributed by atoms with Crippen LogP contribution in [0.15, 0.2) is 40.6 Å². The van der Waals surface area contributed by atoms with Crippen LogP contribution in [0.25, 0.3) is 5.78 Å². The van der Waals surface area contributed by atoms with E-state index < -0.39 is 0 Å². The molecule has 0 spiro atoms. The average Bonchev–Trinajstić information content (AvgIpc) is 2.98. The molecule has 128 valence electrons. The van der Waals surface area contributed by atoms with E-state index in [1.54, 1.807) is 10.7 Å². The molecule has 0 unspecified atom stereocenters. The molecule has 0 atom stereocenters. The Morgan fingerprint density at radius 1 is 1.24 bits per heavy atom. The molecule has 0 aliphatic carbocycles. The van der Waals surface area contributed by atoms with Gasteiger partial charge in [0.1, 0.15) is 0 Å². The van der Waals surface area contributed by atoms with Crippen molar-refractivity contribution < 1.29 is 4.79 Å². The first-order valence-electron chi connectivity index (χ1n) is 7.73. The zero-order chi connectivity index (χ0) is 17.8. The molecule has 0 radical (unpaired) electrons. The van der Waals surface area contributed by atoms with Gasteiger partial charge in [-0.05, 0) is 32.4 Å². The lowest BCUT2D eigenvalue weighted by atomic mass is 10.2. The van der Waals surface area contributed by atoms with E-state index >= 15 is 0 Å². The standard InChI is InChI=1S/C17H18N6OS/c1-11-4-6-14(7-5-11)9-18-21-15(24)10-25-17-20-16-19-12(2)8-13(3)23(16)22-17/h4-9H,10H2,1-3H3,(H,21,24). The number of nitrogens with one attached hydrogen (secondary N) is 1. The van der Waals surface area contributed by atoms with E-state index in [1.165, 1.54) is 17.3 Å². The normalized spacial score (nSPS) is 11.3. The van der Waals surface area contributed by atoms with E-state index in [4.69, 9.17) is 0 Å². The second-order valence-corrected chi connectivity index (χ2v) is 6.58. The number of fused-ring (bicyclic) bond motifs is 1. The minimum Gasteiger partial charge on any atom is -0.272 e. The van der Waals surface area contributed by atoms with Crippen LogP contribution in [0.2, 0.25) is 0 Å². The molecule has 2 heterocycles. The van der Waals surface area contributed by atoms with Gasteiger partial charge in [-0.2, -0.15) is 10.1 Å². The first-order chi connectivity index (χ1) is 12.0. The summed E-state index contributed by atoms with van der Waals surface area (Å²) in [5, 5.41) is 8.82. The molecule has 0 fully saturated rings. The van der Waals surface area contributed by atoms with E-state index in [0.29, 0.717) is 10.9 Å². The fourth-order valence-electron chi connectivity index (χ4n) is 2.20. The average molecular weight is 354 g/mol. The highest BCUT2D eigenvalue weighted by atomic mass is 32.2. The summed E-state index contributed by atoms with van der Waals surface area (Å²) in [5.41, 5.74) is 6.45. The lowest BCUT2D eigenvalue weighted by molar-refractivity contribution is -0.118. The maximum absolute atomic E-state index is 11.9. The van der Waals surface area contributed by atoms with Crippen molar-refractivity contribution in [2.24, 2.45) is 5.10 Å². The summed E-state index contributed by atoms with van der Waals surface area (Å²) in [6.07, 6.45) is 1.61. The number of amides is 1. The summed E-state index contributed by atoms with van der Waals surface area (Å²) >= 11 is 1.25. The quantitative estimate of drug-likeness (QED) is 0.432. The molecule has 1 amide bonds. The van der Waals surface area contributed by atoms with Crippen molar-refractivity contribution in [3.8, 4) is 0 Å². The predicted molar refractivity (Wildman–Crippen MR) is 97.9 cm³/mol. The summed E-state index contributed by atoms with van der Waals surface area (Å²) in [4.78, 5) is 20.5. The molecule has 0 saturated carbocycles. The smallest absolute Gasteiger partial charge is 0.253 e. The first kappa shape index (κ1) is 17.1. The Balaban J connectivity index is 1.55. The molecule has 0 aliphatic rings. The van der Waals surface area contributed by atoms with Crippen molar-refractivity contribution in [1.82, 2.24) is 25.0 Å². The Kier molecular flexibility index (Phi) is 5.08. The van der Waals surface area contributed by atoms with Crippen molar-refractivity contribution in [2.45, 2.75) is 25.9 Å². The van der Waals surface area contributed by atoms with Gasteiger partial charge in [-0.25, -0.2) is 14.9 Å². The number of rotatable bonds is 5. The molecular weight excluding hydrogens is 336 g/mol. The third-order valence-corrected chi connectivity index (χ3v) is 4.25. The van der Waals surface area contributed by atoms with Gasteiger partial charge in [0.15, 0.2) is 0 Å². The van der Waals surface area contributed by atoms with Crippen LogP contribution in [0.3, 0.4) is 0 Å². The molecule has 1 aromatic carbocycles. The van der Waals surface area contributed by atoms with Gasteiger partial charge in [0, 0.05) is 11.4 Å². The molecule has 2 aromatic heterocycles. The Morgan fingerprint density at radius 2 is 2.00 bits per heavy atom. The maximum Gasteiger partial charge on any atom is 0.253 e. The molecule has 1 N–H and O–H groups in total. The highest BCUT2D eigenvalue weighted by Crippen LogP contribution is 2.14. The van der Waals surface area contributed by atoms with Crippen molar-refractivity contribution in [3.63, 3.8) is 0 Å². The van der Waals surface area contributed by atoms with Crippen LogP contribution >= 0.6 is 11.8 Å². The van der Waals surface area contributed by atoms with Crippen molar-refractivity contribution in [2.75, 3.05) is 5.75 Å². The van der Waals surface area contributed by atoms with Gasteiger partial charge in [-0.3, -0.25) is 4.79 Å². The molecule has 25 heavy (non-hydrogen) atoms. The highest BCUT2D eigenvalue weighted by Gasteiger charge is 2.10. The van der Waals surface area contributed by atoms with Crippen LogP contribution in [0.5, 0.6) is 0 Å². The summed E-state index contributed by atoms with van der Waals surface area (Å²) in [6, 6.07) is 9.80. The number of hydrogen-bond acceptors (Lipinski definition) is 6. The summed E-state index contributed by atoms with van der Waals surface area (Å²) in [6.45, 7) is 5.87. The number of hydrazone groups is 1. The SMILES string of the molecule is Cc1ccc(C=NNC(=O)CSc2nc3nc(C)cc(C)n3n2)cc1. The number of thioether (sulfide) groups is 1. The molecule has 0 aliphatic heterocycles. The Labute approximate surface area is 149 Å². The van der Waals surface area contributed by atoms with Crippen LogP contribution in [0.4, 0.5) is 0 Å². The number of hydrogen-bond donors (Lipinski definition) is 1. The number of benzene rings is 1. The van der Waals surface area contributed by atoms with E-state index in [0.717, 1.165) is 17.0 Å². The predicted octanol–water partition coefficient (Wildman–Crippen LogP) is 2.29. The number of aromatic nitrogens is 4. The topological polar surface area (TPSA) is 84.5 Å². The van der Waals surface area contributed by atoms with Gasteiger partial charge in [-0.1, -0.05) is 41.6 Å². The van der Waals surface area contributed by atoms with E-state index in [-0.39, 0.29) is 11.7 Å². The number of carbonyl (C=O) groups is 1. The van der Waals surface area contributed by atoms with E-state index in [2.05, 4.69) is 25.6 Å². The number of carbonyl (C=O) groups excluding carboxylic acids is 1. The van der Waals surface area contributed by atoms with Crippen LogP contribution in [-0.2, 0) is 4.79 Å². The fourth-order valence-corrected chi connectivity index (χ4v) is 2.81.